The third-order valence-corrected chi connectivity index (χ3v) is 14.3. The second-order valence-electron chi connectivity index (χ2n) is 15.9. The van der Waals surface area contributed by atoms with E-state index in [0.717, 1.165) is 25.7 Å². The van der Waals surface area contributed by atoms with Crippen LogP contribution in [0.2, 0.25) is 0 Å². The maximum Gasteiger partial charge on any atom is 0.311 e. The quantitative estimate of drug-likeness (QED) is 0.223. The van der Waals surface area contributed by atoms with Crippen molar-refractivity contribution in [2.45, 2.75) is 128 Å². The lowest BCUT2D eigenvalue weighted by Gasteiger charge is -2.35. The Morgan fingerprint density at radius 3 is 2.00 bits per heavy atom. The van der Waals surface area contributed by atoms with Gasteiger partial charge in [0.1, 0.15) is 0 Å². The third-order valence-electron chi connectivity index (χ3n) is 14.3. The van der Waals surface area contributed by atoms with E-state index in [1.165, 1.54) is 14.2 Å². The molecule has 5 saturated heterocycles. The molecule has 0 radical (unpaired) electrons. The number of esters is 2. The van der Waals surface area contributed by atoms with Crippen molar-refractivity contribution in [3.8, 4) is 0 Å². The Labute approximate surface area is 270 Å². The van der Waals surface area contributed by atoms with Gasteiger partial charge in [-0.15, -0.1) is 6.58 Å². The van der Waals surface area contributed by atoms with E-state index in [-0.39, 0.29) is 65.7 Å². The second kappa shape index (κ2) is 13.2. The van der Waals surface area contributed by atoms with Crippen molar-refractivity contribution in [1.29, 1.82) is 0 Å². The second-order valence-corrected chi connectivity index (χ2v) is 15.9. The van der Waals surface area contributed by atoms with Crippen LogP contribution in [0.15, 0.2) is 12.7 Å². The number of aliphatic hydroxyl groups is 1. The number of carbonyl (C=O) groups excluding carboxylic acids is 2. The zero-order valence-corrected chi connectivity index (χ0v) is 28.6. The molecule has 0 aromatic carbocycles. The highest BCUT2D eigenvalue weighted by atomic mass is 16.5. The fraction of sp³-hybridized carbons (Fsp3) is 0.889. The van der Waals surface area contributed by atoms with E-state index >= 15 is 0 Å². The van der Waals surface area contributed by atoms with Crippen molar-refractivity contribution in [3.63, 3.8) is 0 Å². The topological polar surface area (TPSA) is 121 Å². The Balaban J connectivity index is 1.40. The molecular weight excluding hydrogens is 568 g/mol. The van der Waals surface area contributed by atoms with Crippen molar-refractivity contribution in [2.75, 3.05) is 14.2 Å². The van der Waals surface area contributed by atoms with Crippen molar-refractivity contribution in [1.82, 2.24) is 21.3 Å². The number of rotatable bonds is 6. The van der Waals surface area contributed by atoms with Gasteiger partial charge in [0, 0.05) is 66.6 Å². The van der Waals surface area contributed by atoms with Gasteiger partial charge < -0.3 is 35.8 Å². The molecule has 5 N–H and O–H groups in total. The minimum atomic E-state index is -0.771. The highest BCUT2D eigenvalue weighted by Gasteiger charge is 2.64. The molecule has 6 rings (SSSR count). The Bertz CT molecular complexity index is 1110. The van der Waals surface area contributed by atoms with Crippen LogP contribution in [0.3, 0.4) is 0 Å². The van der Waals surface area contributed by atoms with Crippen LogP contribution in [0.1, 0.15) is 73.1 Å². The van der Waals surface area contributed by atoms with E-state index in [9.17, 15) is 14.7 Å². The molecule has 6 aliphatic rings. The first-order chi connectivity index (χ1) is 21.5. The lowest BCUT2D eigenvalue weighted by Crippen LogP contribution is -2.52. The van der Waals surface area contributed by atoms with E-state index in [1.807, 2.05) is 0 Å². The molecule has 1 saturated carbocycles. The zero-order chi connectivity index (χ0) is 32.3. The molecule has 6 fully saturated rings. The van der Waals surface area contributed by atoms with Crippen LogP contribution in [0.25, 0.3) is 0 Å². The van der Waals surface area contributed by atoms with E-state index in [0.29, 0.717) is 60.7 Å². The highest BCUT2D eigenvalue weighted by molar-refractivity contribution is 5.74. The maximum absolute atomic E-state index is 13.5. The summed E-state index contributed by atoms with van der Waals surface area (Å²) in [6.45, 7) is 16.0. The highest BCUT2D eigenvalue weighted by Crippen LogP contribution is 2.53. The van der Waals surface area contributed by atoms with E-state index in [4.69, 9.17) is 9.47 Å². The summed E-state index contributed by atoms with van der Waals surface area (Å²) < 4.78 is 10.4. The molecule has 9 nitrogen and oxygen atoms in total. The van der Waals surface area contributed by atoms with Gasteiger partial charge in [-0.2, -0.15) is 0 Å². The first-order valence-electron chi connectivity index (χ1n) is 18.0. The van der Waals surface area contributed by atoms with Gasteiger partial charge in [0.2, 0.25) is 0 Å². The summed E-state index contributed by atoms with van der Waals surface area (Å²) in [6.07, 6.45) is 6.68. The Morgan fingerprint density at radius 2 is 1.33 bits per heavy atom. The van der Waals surface area contributed by atoms with Gasteiger partial charge in [0.25, 0.3) is 0 Å². The number of ether oxygens (including phenoxy) is 2. The molecule has 0 aromatic rings. The predicted molar refractivity (Wildman–Crippen MR) is 174 cm³/mol. The van der Waals surface area contributed by atoms with Crippen LogP contribution in [0, 0.1) is 59.2 Å². The Hall–Kier alpha value is -1.52. The van der Waals surface area contributed by atoms with Gasteiger partial charge in [0.05, 0.1) is 26.2 Å². The van der Waals surface area contributed by atoms with Gasteiger partial charge in [-0.3, -0.25) is 9.59 Å². The van der Waals surface area contributed by atoms with Gasteiger partial charge in [-0.25, -0.2) is 0 Å². The molecule has 5 aliphatic heterocycles. The summed E-state index contributed by atoms with van der Waals surface area (Å²) in [5.41, 5.74) is 0. The fourth-order valence-corrected chi connectivity index (χ4v) is 11.8. The summed E-state index contributed by atoms with van der Waals surface area (Å²) in [5.74, 6) is 1.42. The maximum atomic E-state index is 13.5. The minimum absolute atomic E-state index is 0.00571. The number of hydrogen-bond acceptors (Lipinski definition) is 9. The first kappa shape index (κ1) is 33.4. The van der Waals surface area contributed by atoms with Crippen molar-refractivity contribution >= 4 is 11.9 Å². The summed E-state index contributed by atoms with van der Waals surface area (Å²) >= 11 is 0. The normalized spacial score (nSPS) is 52.1. The number of fused-ring (bicyclic) bond motifs is 8. The summed E-state index contributed by atoms with van der Waals surface area (Å²) in [5, 5.41) is 28.3. The number of carbonyl (C=O) groups is 2. The van der Waals surface area contributed by atoms with Crippen LogP contribution in [-0.2, 0) is 19.1 Å². The van der Waals surface area contributed by atoms with Crippen molar-refractivity contribution in [2.24, 2.45) is 59.2 Å². The SMILES string of the molecule is C=CC1C2CC3NC(CC4NC5C(C4C)C(O)C(C(=O)OC)C5C4NC(CC(N2)C1C)[C@@H](C)[C@@H]4CCC(=O)OC)C(CC)C3C. The minimum Gasteiger partial charge on any atom is -0.469 e. The number of aliphatic hydroxyl groups excluding tert-OH is 1. The van der Waals surface area contributed by atoms with Crippen LogP contribution >= 0.6 is 0 Å². The van der Waals surface area contributed by atoms with Crippen molar-refractivity contribution < 1.29 is 24.2 Å². The standard InChI is InChI=1S/C36H60N4O5/c1-9-20-16(3)23-13-25-18(5)22(11-12-29(41)44-7)33(39-25)31-32(36(43)45-8)35(42)30-19(6)26(40-34(30)31)15-28-21(10-2)17(4)24(38-28)14-27(20)37-23/h9,16-28,30-35,37-40,42H,1,10-15H2,2-8H3/t16?,17?,18-,19?,20?,21?,22-,23?,24?,25?,26?,27?,28?,30?,31?,32?,33?,34?,35?/m0/s1. The predicted octanol–water partition coefficient (Wildman–Crippen LogP) is 2.87. The van der Waals surface area contributed by atoms with Gasteiger partial charge in [-0.05, 0) is 67.1 Å². The molecular formula is C36H60N4O5. The lowest BCUT2D eigenvalue weighted by molar-refractivity contribution is -0.152. The van der Waals surface area contributed by atoms with Gasteiger partial charge >= 0.3 is 11.9 Å². The van der Waals surface area contributed by atoms with Crippen LogP contribution < -0.4 is 21.3 Å². The largest absolute Gasteiger partial charge is 0.469 e. The Kier molecular flexibility index (Phi) is 9.77. The molecule has 1 aliphatic carbocycles. The third kappa shape index (κ3) is 5.60. The Morgan fingerprint density at radius 1 is 0.756 bits per heavy atom. The lowest BCUT2D eigenvalue weighted by atomic mass is 9.75. The zero-order valence-electron chi connectivity index (χ0n) is 28.6. The molecule has 5 heterocycles. The molecule has 17 unspecified atom stereocenters. The van der Waals surface area contributed by atoms with E-state index < -0.39 is 12.0 Å². The molecule has 0 amide bonds. The molecule has 254 valence electrons. The monoisotopic (exact) mass is 628 g/mol. The molecule has 0 spiro atoms. The van der Waals surface area contributed by atoms with Crippen LogP contribution in [0.5, 0.6) is 0 Å². The summed E-state index contributed by atoms with van der Waals surface area (Å²) in [4.78, 5) is 25.9. The average Bonchev–Trinajstić information content (AvgIpc) is 3.76. The number of hydrogen-bond donors (Lipinski definition) is 5. The molecule has 9 heteroatoms. The van der Waals surface area contributed by atoms with Crippen LogP contribution in [-0.4, -0.2) is 85.7 Å². The van der Waals surface area contributed by atoms with E-state index in [2.05, 4.69) is 68.5 Å². The molecule has 8 bridgehead atoms. The van der Waals surface area contributed by atoms with Gasteiger partial charge in [0.15, 0.2) is 0 Å². The number of methoxy groups -OCH3 is 2. The smallest absolute Gasteiger partial charge is 0.311 e. The average molecular weight is 629 g/mol. The van der Waals surface area contributed by atoms with E-state index in [1.54, 1.807) is 0 Å². The molecule has 19 atom stereocenters. The number of nitrogens with one attached hydrogen (secondary N) is 4. The first-order valence-corrected chi connectivity index (χ1v) is 18.0. The van der Waals surface area contributed by atoms with Gasteiger partial charge in [-0.1, -0.05) is 47.1 Å². The van der Waals surface area contributed by atoms with Crippen LogP contribution in [0.4, 0.5) is 0 Å². The fourth-order valence-electron chi connectivity index (χ4n) is 11.8. The molecule has 45 heavy (non-hydrogen) atoms. The molecule has 0 aromatic heterocycles. The summed E-state index contributed by atoms with van der Waals surface area (Å²) in [7, 11) is 2.89. The summed E-state index contributed by atoms with van der Waals surface area (Å²) in [6, 6.07) is 2.02. The van der Waals surface area contributed by atoms with Crippen molar-refractivity contribution in [3.05, 3.63) is 12.7 Å².